The van der Waals surface area contributed by atoms with E-state index in [0.29, 0.717) is 16.3 Å². The summed E-state index contributed by atoms with van der Waals surface area (Å²) >= 11 is 5.94. The van der Waals surface area contributed by atoms with E-state index in [2.05, 4.69) is 5.32 Å². The fraction of sp³-hybridized carbons (Fsp3) is 0.278. The molecule has 0 saturated heterocycles. The van der Waals surface area contributed by atoms with Gasteiger partial charge in [-0.3, -0.25) is 9.10 Å². The smallest absolute Gasteiger partial charge is 0.264 e. The average Bonchev–Trinajstić information content (AvgIpc) is 2.60. The highest BCUT2D eigenvalue weighted by molar-refractivity contribution is 7.92. The van der Waals surface area contributed by atoms with Gasteiger partial charge in [0, 0.05) is 23.7 Å². The molecule has 0 aliphatic carbocycles. The van der Waals surface area contributed by atoms with Crippen molar-refractivity contribution in [3.8, 4) is 0 Å². The maximum absolute atomic E-state index is 12.8. The molecule has 2 aromatic carbocycles. The highest BCUT2D eigenvalue weighted by Gasteiger charge is 2.22. The zero-order valence-electron chi connectivity index (χ0n) is 14.4. The molecule has 25 heavy (non-hydrogen) atoms. The number of rotatable bonds is 6. The molecule has 5 nitrogen and oxygen atoms in total. The van der Waals surface area contributed by atoms with E-state index in [0.717, 1.165) is 10.7 Å². The predicted octanol–water partition coefficient (Wildman–Crippen LogP) is 3.69. The Hall–Kier alpha value is -2.05. The lowest BCUT2D eigenvalue weighted by Gasteiger charge is -2.20. The van der Waals surface area contributed by atoms with Gasteiger partial charge in [-0.1, -0.05) is 30.7 Å². The van der Waals surface area contributed by atoms with Gasteiger partial charge < -0.3 is 5.32 Å². The van der Waals surface area contributed by atoms with Crippen LogP contribution in [-0.4, -0.2) is 27.4 Å². The molecule has 0 spiro atoms. The second-order valence-corrected chi connectivity index (χ2v) is 8.17. The van der Waals surface area contributed by atoms with Crippen molar-refractivity contribution in [2.75, 3.05) is 11.4 Å². The van der Waals surface area contributed by atoms with Crippen LogP contribution in [0.5, 0.6) is 0 Å². The van der Waals surface area contributed by atoms with Gasteiger partial charge in [-0.25, -0.2) is 8.42 Å². The number of hydrogen-bond donors (Lipinski definition) is 1. The van der Waals surface area contributed by atoms with Crippen molar-refractivity contribution in [2.24, 2.45) is 0 Å². The molecular weight excluding hydrogens is 360 g/mol. The summed E-state index contributed by atoms with van der Waals surface area (Å²) in [7, 11) is -2.35. The number of carbonyl (C=O) groups is 1. The van der Waals surface area contributed by atoms with Crippen LogP contribution in [0.4, 0.5) is 5.69 Å². The summed E-state index contributed by atoms with van der Waals surface area (Å²) in [5, 5.41) is 3.27. The molecule has 0 fully saturated rings. The number of hydrogen-bond acceptors (Lipinski definition) is 3. The van der Waals surface area contributed by atoms with E-state index in [-0.39, 0.29) is 16.8 Å². The molecule has 0 aliphatic heterocycles. The second-order valence-electron chi connectivity index (χ2n) is 5.76. The van der Waals surface area contributed by atoms with Gasteiger partial charge in [-0.15, -0.1) is 0 Å². The molecule has 0 aromatic heterocycles. The minimum atomic E-state index is -3.80. The predicted molar refractivity (Wildman–Crippen MR) is 101 cm³/mol. The Balaban J connectivity index is 2.34. The van der Waals surface area contributed by atoms with Crippen LogP contribution in [0.25, 0.3) is 0 Å². The Morgan fingerprint density at radius 1 is 1.20 bits per heavy atom. The molecule has 1 N–H and O–H groups in total. The van der Waals surface area contributed by atoms with Crippen LogP contribution in [0.3, 0.4) is 0 Å². The van der Waals surface area contributed by atoms with Crippen LogP contribution < -0.4 is 9.62 Å². The van der Waals surface area contributed by atoms with Crippen molar-refractivity contribution < 1.29 is 13.2 Å². The number of sulfonamides is 1. The Kier molecular flexibility index (Phi) is 6.08. The van der Waals surface area contributed by atoms with Crippen LogP contribution in [0.1, 0.15) is 30.6 Å². The van der Waals surface area contributed by atoms with Gasteiger partial charge in [-0.2, -0.15) is 0 Å². The first-order valence-electron chi connectivity index (χ1n) is 7.91. The zero-order valence-corrected chi connectivity index (χ0v) is 15.9. The van der Waals surface area contributed by atoms with Crippen molar-refractivity contribution in [1.29, 1.82) is 0 Å². The van der Waals surface area contributed by atoms with Crippen molar-refractivity contribution in [2.45, 2.75) is 31.2 Å². The molecule has 0 aliphatic rings. The molecule has 0 radical (unpaired) electrons. The largest absolute Gasteiger partial charge is 0.350 e. The minimum Gasteiger partial charge on any atom is -0.350 e. The quantitative estimate of drug-likeness (QED) is 0.831. The average molecular weight is 381 g/mol. The fourth-order valence-corrected chi connectivity index (χ4v) is 3.59. The van der Waals surface area contributed by atoms with E-state index < -0.39 is 10.0 Å². The zero-order chi connectivity index (χ0) is 18.6. The highest BCUT2D eigenvalue weighted by Crippen LogP contribution is 2.25. The molecule has 7 heteroatoms. The van der Waals surface area contributed by atoms with Crippen LogP contribution in [0, 0.1) is 0 Å². The van der Waals surface area contributed by atoms with Gasteiger partial charge in [0.1, 0.15) is 0 Å². The van der Waals surface area contributed by atoms with Gasteiger partial charge in [0.05, 0.1) is 10.6 Å². The van der Waals surface area contributed by atoms with Gasteiger partial charge in [-0.05, 0) is 49.7 Å². The van der Waals surface area contributed by atoms with E-state index in [4.69, 9.17) is 11.6 Å². The first-order chi connectivity index (χ1) is 11.8. The SMILES string of the molecule is CCC(C)NC(=O)c1cccc(S(=O)(=O)N(C)c2cccc(Cl)c2)c1. The molecule has 2 aromatic rings. The topological polar surface area (TPSA) is 66.5 Å². The summed E-state index contributed by atoms with van der Waals surface area (Å²) in [4.78, 5) is 12.3. The summed E-state index contributed by atoms with van der Waals surface area (Å²) < 4.78 is 26.8. The summed E-state index contributed by atoms with van der Waals surface area (Å²) in [6.45, 7) is 3.86. The summed E-state index contributed by atoms with van der Waals surface area (Å²) in [6, 6.07) is 12.6. The number of benzene rings is 2. The molecular formula is C18H21ClN2O3S. The minimum absolute atomic E-state index is 0.0156. The van der Waals surface area contributed by atoms with Crippen molar-refractivity contribution in [1.82, 2.24) is 5.32 Å². The normalized spacial score (nSPS) is 12.5. The third kappa shape index (κ3) is 4.52. The van der Waals surface area contributed by atoms with Crippen molar-refractivity contribution in [3.05, 3.63) is 59.1 Å². The van der Waals surface area contributed by atoms with Gasteiger partial charge in [0.2, 0.25) is 0 Å². The summed E-state index contributed by atoms with van der Waals surface area (Å²) in [6.07, 6.45) is 0.793. The summed E-state index contributed by atoms with van der Waals surface area (Å²) in [5.41, 5.74) is 0.753. The third-order valence-electron chi connectivity index (χ3n) is 3.92. The number of nitrogens with one attached hydrogen (secondary N) is 1. The van der Waals surface area contributed by atoms with Gasteiger partial charge >= 0.3 is 0 Å². The molecule has 1 atom stereocenters. The number of carbonyl (C=O) groups excluding carboxylic acids is 1. The monoisotopic (exact) mass is 380 g/mol. The Bertz CT molecular complexity index is 868. The second kappa shape index (κ2) is 7.89. The van der Waals surface area contributed by atoms with Crippen LogP contribution >= 0.6 is 11.6 Å². The molecule has 1 unspecified atom stereocenters. The summed E-state index contributed by atoms with van der Waals surface area (Å²) in [5.74, 6) is -0.295. The first-order valence-corrected chi connectivity index (χ1v) is 9.73. The lowest BCUT2D eigenvalue weighted by Crippen LogP contribution is -2.32. The maximum Gasteiger partial charge on any atom is 0.264 e. The molecule has 1 amide bonds. The number of amides is 1. The fourth-order valence-electron chi connectivity index (χ4n) is 2.18. The molecule has 0 bridgehead atoms. The third-order valence-corrected chi connectivity index (χ3v) is 5.93. The maximum atomic E-state index is 12.8. The highest BCUT2D eigenvalue weighted by atomic mass is 35.5. The van der Waals surface area contributed by atoms with Gasteiger partial charge in [0.15, 0.2) is 0 Å². The van der Waals surface area contributed by atoms with Crippen molar-refractivity contribution >= 4 is 33.2 Å². The lowest BCUT2D eigenvalue weighted by molar-refractivity contribution is 0.0939. The Morgan fingerprint density at radius 2 is 1.88 bits per heavy atom. The van der Waals surface area contributed by atoms with E-state index in [1.165, 1.54) is 19.2 Å². The molecule has 0 heterocycles. The van der Waals surface area contributed by atoms with E-state index in [1.54, 1.807) is 36.4 Å². The van der Waals surface area contributed by atoms with E-state index in [9.17, 15) is 13.2 Å². The Labute approximate surface area is 153 Å². The van der Waals surface area contributed by atoms with Crippen LogP contribution in [-0.2, 0) is 10.0 Å². The molecule has 2 rings (SSSR count). The standard InChI is InChI=1S/C18H21ClN2O3S/c1-4-13(2)20-18(22)14-7-5-10-17(11-14)25(23,24)21(3)16-9-6-8-15(19)12-16/h5-13H,4H2,1-3H3,(H,20,22). The number of halogens is 1. The van der Waals surface area contributed by atoms with E-state index in [1.807, 2.05) is 13.8 Å². The van der Waals surface area contributed by atoms with Crippen molar-refractivity contribution in [3.63, 3.8) is 0 Å². The number of nitrogens with zero attached hydrogens (tertiary/aromatic N) is 1. The van der Waals surface area contributed by atoms with Crippen LogP contribution in [0.2, 0.25) is 5.02 Å². The molecule has 0 saturated carbocycles. The van der Waals surface area contributed by atoms with Crippen LogP contribution in [0.15, 0.2) is 53.4 Å². The first kappa shape index (κ1) is 19.3. The van der Waals surface area contributed by atoms with E-state index >= 15 is 0 Å². The van der Waals surface area contributed by atoms with Gasteiger partial charge in [0.25, 0.3) is 15.9 Å². The number of anilines is 1. The Morgan fingerprint density at radius 3 is 2.52 bits per heavy atom. The lowest BCUT2D eigenvalue weighted by atomic mass is 10.2. The molecule has 134 valence electrons.